The molecular formula is C37H43ClN2O5. The Morgan fingerprint density at radius 3 is 2.18 bits per heavy atom. The molecule has 0 bridgehead atoms. The molecule has 8 heteroatoms. The minimum absolute atomic E-state index is 0.0431. The Hall–Kier alpha value is -3.65. The number of rotatable bonds is 13. The van der Waals surface area contributed by atoms with E-state index in [4.69, 9.17) is 16.3 Å². The quantitative estimate of drug-likeness (QED) is 0.153. The largest absolute Gasteiger partial charge is 0.481 e. The third-order valence-electron chi connectivity index (χ3n) is 9.70. The van der Waals surface area contributed by atoms with Gasteiger partial charge in [-0.05, 0) is 86.9 Å². The number of aliphatic carboxylic acids is 2. The minimum Gasteiger partial charge on any atom is -0.481 e. The Labute approximate surface area is 270 Å². The Balaban J connectivity index is 1.55. The molecule has 3 aromatic carbocycles. The Bertz CT molecular complexity index is 1430. The lowest BCUT2D eigenvalue weighted by atomic mass is 9.59. The summed E-state index contributed by atoms with van der Waals surface area (Å²) < 4.78 is 6.27. The molecule has 0 aromatic heterocycles. The van der Waals surface area contributed by atoms with Crippen LogP contribution in [0.4, 0.5) is 0 Å². The summed E-state index contributed by atoms with van der Waals surface area (Å²) in [6, 6.07) is 26.4. The summed E-state index contributed by atoms with van der Waals surface area (Å²) in [7, 11) is 0. The van der Waals surface area contributed by atoms with E-state index in [0.717, 1.165) is 43.5 Å². The van der Waals surface area contributed by atoms with Crippen molar-refractivity contribution >= 4 is 23.5 Å². The van der Waals surface area contributed by atoms with Crippen LogP contribution < -0.4 is 10.6 Å². The predicted molar refractivity (Wildman–Crippen MR) is 177 cm³/mol. The monoisotopic (exact) mass is 630 g/mol. The molecular weight excluding hydrogens is 588 g/mol. The van der Waals surface area contributed by atoms with Crippen molar-refractivity contribution in [3.63, 3.8) is 0 Å². The first-order valence-electron chi connectivity index (χ1n) is 15.9. The smallest absolute Gasteiger partial charge is 0.333 e. The lowest BCUT2D eigenvalue weighted by Crippen LogP contribution is -2.59. The van der Waals surface area contributed by atoms with Crippen LogP contribution in [0.15, 0.2) is 96.2 Å². The second-order valence-electron chi connectivity index (χ2n) is 12.3. The van der Waals surface area contributed by atoms with Gasteiger partial charge in [-0.15, -0.1) is 0 Å². The van der Waals surface area contributed by atoms with E-state index in [9.17, 15) is 19.8 Å². The predicted octanol–water partition coefficient (Wildman–Crippen LogP) is 6.84. The fourth-order valence-electron chi connectivity index (χ4n) is 7.37. The fraction of sp³-hybridized carbons (Fsp3) is 0.405. The standard InChI is InChI=1S/C37H43ClN2O5/c1-25-33(35(41)42)34(29-13-8-14-30(38)23-29)37(36(43)44,32(40-25)24-45-22-18-26-16-20-39-21-17-26)19-15-31(27-9-4-2-5-10-27)28-11-6-3-7-12-28/h2-14,23,26,31-32,34,39-40H,15-22,24H2,1H3,(H,41,42)(H,43,44). The molecule has 0 spiro atoms. The van der Waals surface area contributed by atoms with Crippen molar-refractivity contribution in [2.24, 2.45) is 11.3 Å². The molecule has 0 saturated carbocycles. The van der Waals surface area contributed by atoms with Gasteiger partial charge in [0.1, 0.15) is 5.41 Å². The number of carboxylic acid groups (broad SMARTS) is 2. The van der Waals surface area contributed by atoms with Crippen molar-refractivity contribution in [2.45, 2.75) is 56.9 Å². The maximum atomic E-state index is 13.8. The van der Waals surface area contributed by atoms with Gasteiger partial charge in [-0.1, -0.05) is 84.4 Å². The number of carbonyl (C=O) groups is 2. The summed E-state index contributed by atoms with van der Waals surface area (Å²) in [6.07, 6.45) is 3.80. The number of hydrogen-bond acceptors (Lipinski definition) is 5. The van der Waals surface area contributed by atoms with Crippen molar-refractivity contribution in [3.8, 4) is 0 Å². The van der Waals surface area contributed by atoms with E-state index in [2.05, 4.69) is 34.9 Å². The fourth-order valence-corrected chi connectivity index (χ4v) is 7.57. The van der Waals surface area contributed by atoms with Gasteiger partial charge in [0.15, 0.2) is 0 Å². The lowest BCUT2D eigenvalue weighted by molar-refractivity contribution is -0.155. The van der Waals surface area contributed by atoms with Crippen LogP contribution in [0.2, 0.25) is 5.02 Å². The van der Waals surface area contributed by atoms with Gasteiger partial charge < -0.3 is 25.6 Å². The van der Waals surface area contributed by atoms with Crippen molar-refractivity contribution in [2.75, 3.05) is 26.3 Å². The van der Waals surface area contributed by atoms with E-state index >= 15 is 0 Å². The highest BCUT2D eigenvalue weighted by molar-refractivity contribution is 6.30. The van der Waals surface area contributed by atoms with Gasteiger partial charge in [0, 0.05) is 29.2 Å². The third kappa shape index (κ3) is 7.43. The topological polar surface area (TPSA) is 108 Å². The normalized spacial score (nSPS) is 22.3. The molecule has 2 aliphatic heterocycles. The molecule has 4 N–H and O–H groups in total. The average Bonchev–Trinajstić information content (AvgIpc) is 3.05. The van der Waals surface area contributed by atoms with Gasteiger partial charge in [0.05, 0.1) is 18.2 Å². The van der Waals surface area contributed by atoms with E-state index in [-0.39, 0.29) is 24.5 Å². The molecule has 2 heterocycles. The Morgan fingerprint density at radius 2 is 1.60 bits per heavy atom. The average molecular weight is 631 g/mol. The second-order valence-corrected chi connectivity index (χ2v) is 12.8. The molecule has 238 valence electrons. The van der Waals surface area contributed by atoms with Crippen LogP contribution >= 0.6 is 11.6 Å². The summed E-state index contributed by atoms with van der Waals surface area (Å²) in [6.45, 7) is 4.38. The molecule has 3 unspecified atom stereocenters. The summed E-state index contributed by atoms with van der Waals surface area (Å²) in [4.78, 5) is 26.8. The van der Waals surface area contributed by atoms with Crippen LogP contribution in [0.25, 0.3) is 0 Å². The van der Waals surface area contributed by atoms with Crippen LogP contribution in [0.5, 0.6) is 0 Å². The SMILES string of the molecule is CC1=C(C(=O)O)C(c2cccc(Cl)c2)C(CCC(c2ccccc2)c2ccccc2)(C(=O)O)C(COCCC2CCNCC2)N1. The molecule has 7 nitrogen and oxygen atoms in total. The van der Waals surface area contributed by atoms with E-state index in [1.165, 1.54) is 0 Å². The number of halogens is 1. The number of benzene rings is 3. The molecule has 1 saturated heterocycles. The second kappa shape index (κ2) is 15.1. The molecule has 2 aliphatic rings. The van der Waals surface area contributed by atoms with Crippen LogP contribution in [0.3, 0.4) is 0 Å². The molecule has 0 amide bonds. The van der Waals surface area contributed by atoms with Crippen LogP contribution in [-0.2, 0) is 14.3 Å². The minimum atomic E-state index is -1.55. The van der Waals surface area contributed by atoms with Gasteiger partial charge >= 0.3 is 11.9 Å². The maximum absolute atomic E-state index is 13.8. The zero-order valence-electron chi connectivity index (χ0n) is 25.8. The highest BCUT2D eigenvalue weighted by Gasteiger charge is 2.57. The van der Waals surface area contributed by atoms with Gasteiger partial charge in [0.25, 0.3) is 0 Å². The van der Waals surface area contributed by atoms with Crippen molar-refractivity contribution in [1.82, 2.24) is 10.6 Å². The number of piperidine rings is 1. The van der Waals surface area contributed by atoms with Gasteiger partial charge in [-0.25, -0.2) is 4.79 Å². The third-order valence-corrected chi connectivity index (χ3v) is 9.93. The lowest BCUT2D eigenvalue weighted by Gasteiger charge is -2.48. The van der Waals surface area contributed by atoms with Crippen molar-refractivity contribution in [3.05, 3.63) is 118 Å². The van der Waals surface area contributed by atoms with Gasteiger partial charge in [0.2, 0.25) is 0 Å². The highest BCUT2D eigenvalue weighted by Crippen LogP contribution is 2.52. The van der Waals surface area contributed by atoms with Gasteiger partial charge in [-0.3, -0.25) is 4.79 Å². The first-order chi connectivity index (χ1) is 21.8. The summed E-state index contributed by atoms with van der Waals surface area (Å²) in [5.74, 6) is -2.68. The van der Waals surface area contributed by atoms with Gasteiger partial charge in [-0.2, -0.15) is 0 Å². The molecule has 45 heavy (non-hydrogen) atoms. The Kier molecular flexibility index (Phi) is 11.0. The number of carboxylic acids is 2. The maximum Gasteiger partial charge on any atom is 0.333 e. The van der Waals surface area contributed by atoms with Crippen molar-refractivity contribution < 1.29 is 24.5 Å². The molecule has 1 fully saturated rings. The van der Waals surface area contributed by atoms with Crippen molar-refractivity contribution in [1.29, 1.82) is 0 Å². The number of ether oxygens (including phenoxy) is 1. The van der Waals surface area contributed by atoms with E-state index < -0.39 is 29.3 Å². The molecule has 0 aliphatic carbocycles. The first-order valence-corrected chi connectivity index (χ1v) is 16.3. The zero-order chi connectivity index (χ0) is 31.8. The number of hydrogen-bond donors (Lipinski definition) is 4. The number of nitrogens with one attached hydrogen (secondary N) is 2. The van der Waals surface area contributed by atoms with E-state index in [0.29, 0.717) is 35.2 Å². The molecule has 0 radical (unpaired) electrons. The Morgan fingerprint density at radius 1 is 0.956 bits per heavy atom. The first kappa shape index (κ1) is 32.7. The van der Waals surface area contributed by atoms with Crippen LogP contribution in [0, 0.1) is 11.3 Å². The highest BCUT2D eigenvalue weighted by atomic mass is 35.5. The van der Waals surface area contributed by atoms with Crippen LogP contribution in [0.1, 0.15) is 67.6 Å². The molecule has 3 aromatic rings. The van der Waals surface area contributed by atoms with Crippen LogP contribution in [-0.4, -0.2) is 54.5 Å². The number of allylic oxidation sites excluding steroid dienone is 1. The molecule has 3 atom stereocenters. The summed E-state index contributed by atoms with van der Waals surface area (Å²) in [5.41, 5.74) is 1.66. The zero-order valence-corrected chi connectivity index (χ0v) is 26.5. The van der Waals surface area contributed by atoms with E-state index in [1.807, 2.05) is 36.4 Å². The van der Waals surface area contributed by atoms with E-state index in [1.54, 1.807) is 31.2 Å². The molecule has 5 rings (SSSR count). The summed E-state index contributed by atoms with van der Waals surface area (Å²) in [5, 5.41) is 29.0. The summed E-state index contributed by atoms with van der Waals surface area (Å²) >= 11 is 6.44.